The Labute approximate surface area is 276 Å². The molecule has 2 aliphatic heterocycles. The zero-order valence-corrected chi connectivity index (χ0v) is 27.7. The summed E-state index contributed by atoms with van der Waals surface area (Å²) in [5, 5.41) is 11.3. The first-order valence-corrected chi connectivity index (χ1v) is 17.1. The lowest BCUT2D eigenvalue weighted by Crippen LogP contribution is -2.60. The number of hydrogen-bond acceptors (Lipinski definition) is 11. The average molecular weight is 646 g/mol. The fourth-order valence-corrected chi connectivity index (χ4v) is 7.38. The summed E-state index contributed by atoms with van der Waals surface area (Å²) in [5.41, 5.74) is 3.94. The van der Waals surface area contributed by atoms with Crippen LogP contribution in [0.4, 0.5) is 11.5 Å². The van der Waals surface area contributed by atoms with Crippen molar-refractivity contribution in [3.8, 4) is 5.75 Å². The van der Waals surface area contributed by atoms with Gasteiger partial charge in [0.05, 0.1) is 32.3 Å². The molecule has 1 atom stereocenters. The maximum Gasteiger partial charge on any atom is 0.329 e. The molecule has 0 radical (unpaired) electrons. The van der Waals surface area contributed by atoms with Crippen molar-refractivity contribution >= 4 is 34.3 Å². The number of nitrogens with zero attached hydrogens (tertiary/aromatic N) is 4. The molecule has 3 heterocycles. The molecule has 3 fully saturated rings. The van der Waals surface area contributed by atoms with Gasteiger partial charge in [-0.2, -0.15) is 5.48 Å². The number of piperidine rings is 2. The minimum Gasteiger partial charge on any atom is -0.496 e. The van der Waals surface area contributed by atoms with Crippen LogP contribution in [0.1, 0.15) is 82.0 Å². The number of ether oxygens (including phenoxy) is 3. The Kier molecular flexibility index (Phi) is 10.1. The quantitative estimate of drug-likeness (QED) is 0.196. The number of carbonyl (C=O) groups is 2. The van der Waals surface area contributed by atoms with Gasteiger partial charge < -0.3 is 29.2 Å². The molecule has 2 aromatic carbocycles. The molecular formula is C36H47N5O6. The molecular weight excluding hydrogens is 598 g/mol. The molecule has 2 N–H and O–H groups in total. The molecule has 0 spiro atoms. The van der Waals surface area contributed by atoms with Gasteiger partial charge in [0.25, 0.3) is 0 Å². The summed E-state index contributed by atoms with van der Waals surface area (Å²) in [6.07, 6.45) is 5.17. The van der Waals surface area contributed by atoms with Crippen molar-refractivity contribution in [2.45, 2.75) is 76.2 Å². The number of rotatable bonds is 12. The van der Waals surface area contributed by atoms with Gasteiger partial charge in [0, 0.05) is 43.2 Å². The minimum atomic E-state index is -1.56. The van der Waals surface area contributed by atoms with Crippen molar-refractivity contribution in [3.05, 3.63) is 53.9 Å². The van der Waals surface area contributed by atoms with E-state index in [1.807, 2.05) is 12.1 Å². The van der Waals surface area contributed by atoms with Gasteiger partial charge in [0.2, 0.25) is 0 Å². The SMILES string of the molecule is CCOC(=O)CC(NO)(C(=O)OCC)C1CCN(c2ccc3nc(C4CC4)nc(N4CCC(c5ccccc5OC)CC4)c3c2)CC1. The molecule has 1 unspecified atom stereocenters. The zero-order valence-electron chi connectivity index (χ0n) is 27.7. The maximum atomic E-state index is 13.1. The first-order valence-electron chi connectivity index (χ1n) is 17.1. The van der Waals surface area contributed by atoms with Crippen molar-refractivity contribution in [2.75, 3.05) is 56.3 Å². The highest BCUT2D eigenvalue weighted by molar-refractivity contribution is 5.92. The molecule has 1 aliphatic carbocycles. The number of hydroxylamine groups is 1. The van der Waals surface area contributed by atoms with Gasteiger partial charge in [-0.25, -0.2) is 14.8 Å². The molecule has 11 nitrogen and oxygen atoms in total. The first kappa shape index (κ1) is 33.0. The summed E-state index contributed by atoms with van der Waals surface area (Å²) >= 11 is 0. The normalized spacial score (nSPS) is 19.0. The number of fused-ring (bicyclic) bond motifs is 1. The van der Waals surface area contributed by atoms with Crippen LogP contribution in [0.3, 0.4) is 0 Å². The third-order valence-corrected chi connectivity index (χ3v) is 10.1. The Morgan fingerprint density at radius 2 is 1.60 bits per heavy atom. The van der Waals surface area contributed by atoms with Gasteiger partial charge in [0.15, 0.2) is 5.54 Å². The highest BCUT2D eigenvalue weighted by atomic mass is 16.6. The van der Waals surface area contributed by atoms with E-state index in [2.05, 4.69) is 45.6 Å². The number of carbonyl (C=O) groups excluding carboxylic acids is 2. The topological polar surface area (TPSA) is 126 Å². The van der Waals surface area contributed by atoms with Crippen molar-refractivity contribution in [3.63, 3.8) is 0 Å². The summed E-state index contributed by atoms with van der Waals surface area (Å²) < 4.78 is 16.1. The van der Waals surface area contributed by atoms with Crippen LogP contribution in [-0.2, 0) is 19.1 Å². The number of aromatic nitrogens is 2. The Morgan fingerprint density at radius 1 is 0.894 bits per heavy atom. The van der Waals surface area contributed by atoms with E-state index in [-0.39, 0.29) is 25.6 Å². The van der Waals surface area contributed by atoms with E-state index < -0.39 is 17.5 Å². The van der Waals surface area contributed by atoms with E-state index in [9.17, 15) is 14.8 Å². The van der Waals surface area contributed by atoms with Crippen LogP contribution in [0.2, 0.25) is 0 Å². The standard InChI is InChI=1S/C36H47N5O6/c1-4-46-32(42)23-36(39-44,35(43)47-5-2)26-16-20-40(21-17-26)27-12-13-30-29(22-27)34(38-33(37-30)25-10-11-25)41-18-14-24(15-19-41)28-8-6-7-9-31(28)45-3/h6-9,12-13,22,24-26,39,44H,4-5,10-11,14-21,23H2,1-3H3. The van der Waals surface area contributed by atoms with Gasteiger partial charge in [0.1, 0.15) is 17.4 Å². The van der Waals surface area contributed by atoms with Crippen LogP contribution < -0.4 is 20.0 Å². The van der Waals surface area contributed by atoms with E-state index in [1.165, 1.54) is 5.56 Å². The lowest BCUT2D eigenvalue weighted by atomic mass is 9.76. The van der Waals surface area contributed by atoms with Crippen LogP contribution in [-0.4, -0.2) is 79.2 Å². The second kappa shape index (κ2) is 14.4. The number of hydrogen-bond donors (Lipinski definition) is 2. The summed E-state index contributed by atoms with van der Waals surface area (Å²) in [5.74, 6) is 2.28. The van der Waals surface area contributed by atoms with Crippen LogP contribution in [0.25, 0.3) is 10.9 Å². The molecule has 252 valence electrons. The van der Waals surface area contributed by atoms with Crippen molar-refractivity contribution in [1.82, 2.24) is 15.4 Å². The third kappa shape index (κ3) is 6.87. The second-order valence-electron chi connectivity index (χ2n) is 12.9. The minimum absolute atomic E-state index is 0.145. The first-order chi connectivity index (χ1) is 22.9. The van der Waals surface area contributed by atoms with E-state index in [4.69, 9.17) is 24.2 Å². The highest BCUT2D eigenvalue weighted by Crippen LogP contribution is 2.42. The Balaban J connectivity index is 1.22. The molecule has 1 aromatic heterocycles. The van der Waals surface area contributed by atoms with E-state index in [0.717, 1.165) is 72.8 Å². The number of nitrogens with one attached hydrogen (secondary N) is 1. The van der Waals surface area contributed by atoms with Gasteiger partial charge in [-0.3, -0.25) is 4.79 Å². The third-order valence-electron chi connectivity index (χ3n) is 10.1. The van der Waals surface area contributed by atoms with Crippen LogP contribution in [0, 0.1) is 5.92 Å². The summed E-state index contributed by atoms with van der Waals surface area (Å²) in [7, 11) is 1.74. The molecule has 6 rings (SSSR count). The molecule has 2 saturated heterocycles. The Bertz CT molecular complexity index is 1560. The number of methoxy groups -OCH3 is 1. The maximum absolute atomic E-state index is 13.1. The lowest BCUT2D eigenvalue weighted by Gasteiger charge is -2.42. The lowest BCUT2D eigenvalue weighted by molar-refractivity contribution is -0.168. The average Bonchev–Trinajstić information content (AvgIpc) is 3.96. The summed E-state index contributed by atoms with van der Waals surface area (Å²) in [6, 6.07) is 14.8. The number of anilines is 2. The van der Waals surface area contributed by atoms with Gasteiger partial charge in [-0.15, -0.1) is 0 Å². The van der Waals surface area contributed by atoms with Crippen LogP contribution in [0.15, 0.2) is 42.5 Å². The Hall–Kier alpha value is -3.96. The largest absolute Gasteiger partial charge is 0.496 e. The highest BCUT2D eigenvalue weighted by Gasteiger charge is 2.50. The van der Waals surface area contributed by atoms with E-state index in [1.54, 1.807) is 21.0 Å². The molecule has 3 aromatic rings. The molecule has 1 saturated carbocycles. The van der Waals surface area contributed by atoms with Crippen molar-refractivity contribution < 1.29 is 29.0 Å². The monoisotopic (exact) mass is 645 g/mol. The zero-order chi connectivity index (χ0) is 33.0. The fourth-order valence-electron chi connectivity index (χ4n) is 7.38. The number of benzene rings is 2. The van der Waals surface area contributed by atoms with Crippen LogP contribution in [0.5, 0.6) is 5.75 Å². The van der Waals surface area contributed by atoms with Crippen molar-refractivity contribution in [2.24, 2.45) is 5.92 Å². The summed E-state index contributed by atoms with van der Waals surface area (Å²) in [4.78, 5) is 40.6. The van der Waals surface area contributed by atoms with Gasteiger partial charge in [-0.1, -0.05) is 18.2 Å². The van der Waals surface area contributed by atoms with Gasteiger partial charge >= 0.3 is 11.9 Å². The van der Waals surface area contributed by atoms with Crippen molar-refractivity contribution in [1.29, 1.82) is 0 Å². The number of esters is 2. The smallest absolute Gasteiger partial charge is 0.329 e. The molecule has 3 aliphatic rings. The second-order valence-corrected chi connectivity index (χ2v) is 12.9. The fraction of sp³-hybridized carbons (Fsp3) is 0.556. The van der Waals surface area contributed by atoms with E-state index >= 15 is 0 Å². The van der Waals surface area contributed by atoms with E-state index in [0.29, 0.717) is 37.8 Å². The van der Waals surface area contributed by atoms with Crippen LogP contribution >= 0.6 is 0 Å². The molecule has 47 heavy (non-hydrogen) atoms. The predicted molar refractivity (Wildman–Crippen MR) is 179 cm³/mol. The molecule has 0 amide bonds. The molecule has 0 bridgehead atoms. The number of para-hydroxylation sites is 1. The van der Waals surface area contributed by atoms with Gasteiger partial charge in [-0.05, 0) is 94.0 Å². The summed E-state index contributed by atoms with van der Waals surface area (Å²) in [6.45, 7) is 6.85. The predicted octanol–water partition coefficient (Wildman–Crippen LogP) is 5.35. The Morgan fingerprint density at radius 3 is 2.26 bits per heavy atom. The molecule has 11 heteroatoms.